The summed E-state index contributed by atoms with van der Waals surface area (Å²) in [5, 5.41) is 11.3. The lowest BCUT2D eigenvalue weighted by molar-refractivity contribution is -0.385. The molecule has 0 atom stereocenters. The van der Waals surface area contributed by atoms with Gasteiger partial charge in [0.05, 0.1) is 23.1 Å². The first-order valence-electron chi connectivity index (χ1n) is 6.22. The number of rotatable bonds is 5. The Bertz CT molecular complexity index is 652. The fourth-order valence-corrected chi connectivity index (χ4v) is 2.19. The molecule has 1 saturated carbocycles. The van der Waals surface area contributed by atoms with Gasteiger partial charge < -0.3 is 9.30 Å². The predicted octanol–water partition coefficient (Wildman–Crippen LogP) is 3.36. The smallest absolute Gasteiger partial charge is 0.311 e. The van der Waals surface area contributed by atoms with Crippen molar-refractivity contribution in [2.45, 2.75) is 25.5 Å². The van der Waals surface area contributed by atoms with Gasteiger partial charge in [0.15, 0.2) is 5.75 Å². The van der Waals surface area contributed by atoms with Gasteiger partial charge in [0.1, 0.15) is 6.61 Å². The molecule has 1 aliphatic carbocycles. The summed E-state index contributed by atoms with van der Waals surface area (Å²) in [6, 6.07) is 4.76. The Balaban J connectivity index is 1.79. The number of hydrogen-bond donors (Lipinski definition) is 0. The molecule has 6 nitrogen and oxygen atoms in total. The number of nitro groups is 1. The zero-order valence-corrected chi connectivity index (χ0v) is 11.3. The van der Waals surface area contributed by atoms with E-state index in [1.165, 1.54) is 18.2 Å². The number of aromatic nitrogens is 2. The molecule has 104 valence electrons. The van der Waals surface area contributed by atoms with Gasteiger partial charge in [-0.05, 0) is 18.9 Å². The monoisotopic (exact) mass is 293 g/mol. The van der Waals surface area contributed by atoms with Gasteiger partial charge in [-0.25, -0.2) is 4.98 Å². The summed E-state index contributed by atoms with van der Waals surface area (Å²) in [5.74, 6) is 0.172. The standard InChI is InChI=1S/C13H12ClN3O3/c14-9-1-4-12(17(18)19)13(5-9)20-7-11-6-15-8-16(11)10-2-3-10/h1,4-6,8,10H,2-3,7H2. The average molecular weight is 294 g/mol. The Labute approximate surface area is 120 Å². The lowest BCUT2D eigenvalue weighted by atomic mass is 10.3. The minimum Gasteiger partial charge on any atom is -0.480 e. The van der Waals surface area contributed by atoms with Crippen LogP contribution in [0.4, 0.5) is 5.69 Å². The molecule has 1 heterocycles. The van der Waals surface area contributed by atoms with Crippen molar-refractivity contribution >= 4 is 17.3 Å². The molecule has 0 spiro atoms. The lowest BCUT2D eigenvalue weighted by Gasteiger charge is -2.09. The fraction of sp³-hybridized carbons (Fsp3) is 0.308. The Morgan fingerprint density at radius 2 is 2.30 bits per heavy atom. The van der Waals surface area contributed by atoms with Crippen molar-refractivity contribution in [3.63, 3.8) is 0 Å². The van der Waals surface area contributed by atoms with E-state index in [-0.39, 0.29) is 18.0 Å². The van der Waals surface area contributed by atoms with Gasteiger partial charge in [0.2, 0.25) is 0 Å². The third kappa shape index (κ3) is 2.60. The van der Waals surface area contributed by atoms with E-state index in [2.05, 4.69) is 9.55 Å². The van der Waals surface area contributed by atoms with E-state index in [4.69, 9.17) is 16.3 Å². The molecule has 0 unspecified atom stereocenters. The number of nitrogens with zero attached hydrogens (tertiary/aromatic N) is 3. The summed E-state index contributed by atoms with van der Waals surface area (Å²) >= 11 is 5.85. The zero-order valence-electron chi connectivity index (χ0n) is 10.5. The Kier molecular flexibility index (Phi) is 3.31. The van der Waals surface area contributed by atoms with Crippen LogP contribution < -0.4 is 4.74 Å². The molecule has 1 aromatic heterocycles. The number of hydrogen-bond acceptors (Lipinski definition) is 4. The van der Waals surface area contributed by atoms with E-state index in [0.29, 0.717) is 11.1 Å². The van der Waals surface area contributed by atoms with Crippen molar-refractivity contribution in [1.29, 1.82) is 0 Å². The van der Waals surface area contributed by atoms with Gasteiger partial charge >= 0.3 is 5.69 Å². The average Bonchev–Trinajstić information content (AvgIpc) is 3.15. The van der Waals surface area contributed by atoms with Crippen molar-refractivity contribution in [3.8, 4) is 5.75 Å². The molecule has 1 aliphatic rings. The molecule has 0 saturated heterocycles. The number of nitro benzene ring substituents is 1. The van der Waals surface area contributed by atoms with Crippen molar-refractivity contribution in [1.82, 2.24) is 9.55 Å². The molecule has 0 radical (unpaired) electrons. The van der Waals surface area contributed by atoms with Gasteiger partial charge in [-0.1, -0.05) is 11.6 Å². The first-order valence-corrected chi connectivity index (χ1v) is 6.60. The minimum absolute atomic E-state index is 0.0908. The Hall–Kier alpha value is -2.08. The molecule has 0 N–H and O–H groups in total. The maximum atomic E-state index is 10.9. The van der Waals surface area contributed by atoms with Crippen molar-refractivity contribution in [2.75, 3.05) is 0 Å². The summed E-state index contributed by atoms with van der Waals surface area (Å²) in [6.45, 7) is 0.234. The second-order valence-corrected chi connectivity index (χ2v) is 5.12. The van der Waals surface area contributed by atoms with Crippen molar-refractivity contribution in [2.24, 2.45) is 0 Å². The van der Waals surface area contributed by atoms with Crippen LogP contribution >= 0.6 is 11.6 Å². The second-order valence-electron chi connectivity index (χ2n) is 4.68. The Morgan fingerprint density at radius 3 is 3.00 bits per heavy atom. The highest BCUT2D eigenvalue weighted by molar-refractivity contribution is 6.30. The van der Waals surface area contributed by atoms with Gasteiger partial charge in [-0.2, -0.15) is 0 Å². The molecule has 7 heteroatoms. The fourth-order valence-electron chi connectivity index (χ4n) is 2.03. The highest BCUT2D eigenvalue weighted by atomic mass is 35.5. The van der Waals surface area contributed by atoms with E-state index in [0.717, 1.165) is 18.5 Å². The highest BCUT2D eigenvalue weighted by Gasteiger charge is 2.25. The molecular weight excluding hydrogens is 282 g/mol. The van der Waals surface area contributed by atoms with Crippen molar-refractivity contribution < 1.29 is 9.66 Å². The van der Waals surface area contributed by atoms with Crippen LogP contribution in [0.1, 0.15) is 24.6 Å². The molecule has 1 fully saturated rings. The number of halogens is 1. The van der Waals surface area contributed by atoms with E-state index in [1.54, 1.807) is 12.5 Å². The molecule has 0 aliphatic heterocycles. The predicted molar refractivity (Wildman–Crippen MR) is 72.9 cm³/mol. The van der Waals surface area contributed by atoms with Gasteiger partial charge in [-0.3, -0.25) is 10.1 Å². The van der Waals surface area contributed by atoms with Gasteiger partial charge in [-0.15, -0.1) is 0 Å². The minimum atomic E-state index is -0.482. The van der Waals surface area contributed by atoms with Crippen LogP contribution in [0.15, 0.2) is 30.7 Å². The first-order chi connectivity index (χ1) is 9.65. The van der Waals surface area contributed by atoms with E-state index in [1.807, 2.05) is 0 Å². The van der Waals surface area contributed by atoms with Crippen LogP contribution in [-0.2, 0) is 6.61 Å². The summed E-state index contributed by atoms with van der Waals surface area (Å²) < 4.78 is 7.61. The summed E-state index contributed by atoms with van der Waals surface area (Å²) in [4.78, 5) is 14.6. The maximum absolute atomic E-state index is 10.9. The van der Waals surface area contributed by atoms with Crippen LogP contribution in [0.25, 0.3) is 0 Å². The van der Waals surface area contributed by atoms with Crippen LogP contribution in [0.5, 0.6) is 5.75 Å². The largest absolute Gasteiger partial charge is 0.480 e. The van der Waals surface area contributed by atoms with Crippen LogP contribution in [0.3, 0.4) is 0 Å². The lowest BCUT2D eigenvalue weighted by Crippen LogP contribution is -2.04. The summed E-state index contributed by atoms with van der Waals surface area (Å²) in [7, 11) is 0. The number of ether oxygens (including phenoxy) is 1. The van der Waals surface area contributed by atoms with Gasteiger partial charge in [0.25, 0.3) is 0 Å². The molecule has 3 rings (SSSR count). The summed E-state index contributed by atoms with van der Waals surface area (Å²) in [5.41, 5.74) is 0.814. The third-order valence-electron chi connectivity index (χ3n) is 3.18. The van der Waals surface area contributed by atoms with Gasteiger partial charge in [0, 0.05) is 23.2 Å². The van der Waals surface area contributed by atoms with E-state index in [9.17, 15) is 10.1 Å². The normalized spacial score (nSPS) is 14.2. The SMILES string of the molecule is O=[N+]([O-])c1ccc(Cl)cc1OCc1cncn1C1CC1. The molecular formula is C13H12ClN3O3. The van der Waals surface area contributed by atoms with E-state index >= 15 is 0 Å². The second kappa shape index (κ2) is 5.13. The van der Waals surface area contributed by atoms with E-state index < -0.39 is 4.92 Å². The van der Waals surface area contributed by atoms with Crippen LogP contribution in [-0.4, -0.2) is 14.5 Å². The molecule has 20 heavy (non-hydrogen) atoms. The topological polar surface area (TPSA) is 70.2 Å². The first kappa shape index (κ1) is 12.9. The zero-order chi connectivity index (χ0) is 14.1. The number of benzene rings is 1. The third-order valence-corrected chi connectivity index (χ3v) is 3.42. The maximum Gasteiger partial charge on any atom is 0.311 e. The highest BCUT2D eigenvalue weighted by Crippen LogP contribution is 2.36. The Morgan fingerprint density at radius 1 is 1.50 bits per heavy atom. The van der Waals surface area contributed by atoms with Crippen LogP contribution in [0, 0.1) is 10.1 Å². The molecule has 0 bridgehead atoms. The quantitative estimate of drug-likeness (QED) is 0.626. The molecule has 2 aromatic rings. The molecule has 1 aromatic carbocycles. The summed E-state index contributed by atoms with van der Waals surface area (Å²) in [6.07, 6.45) is 5.76. The number of imidazole rings is 1. The van der Waals surface area contributed by atoms with Crippen molar-refractivity contribution in [3.05, 3.63) is 51.6 Å². The molecule has 0 amide bonds. The van der Waals surface area contributed by atoms with Crippen LogP contribution in [0.2, 0.25) is 5.02 Å².